The molecule has 2 aliphatic heterocycles. The highest BCUT2D eigenvalue weighted by Gasteiger charge is 2.52. The van der Waals surface area contributed by atoms with Crippen LogP contribution in [0.25, 0.3) is 45.3 Å². The third kappa shape index (κ3) is 6.01. The van der Waals surface area contributed by atoms with Crippen LogP contribution in [0.4, 0.5) is 0 Å². The van der Waals surface area contributed by atoms with Crippen LogP contribution in [0.5, 0.6) is 0 Å². The molecule has 1 aromatic heterocycles. The summed E-state index contributed by atoms with van der Waals surface area (Å²) in [6, 6.07) is 34.8. The third-order valence-electron chi connectivity index (χ3n) is 10.3. The van der Waals surface area contributed by atoms with Gasteiger partial charge in [0.05, 0.1) is 22.4 Å². The second-order valence-electron chi connectivity index (χ2n) is 14.7. The Balaban J connectivity index is 1.23. The minimum absolute atomic E-state index is 0.414. The van der Waals surface area contributed by atoms with Crippen molar-refractivity contribution in [1.82, 2.24) is 15.0 Å². The molecule has 242 valence electrons. The highest BCUT2D eigenvalue weighted by atomic mass is 16.7. The quantitative estimate of drug-likeness (QED) is 0.183. The molecule has 0 saturated carbocycles. The van der Waals surface area contributed by atoms with Crippen molar-refractivity contribution in [3.05, 3.63) is 103 Å². The molecular weight excluding hydrogens is 596 g/mol. The average molecular weight is 637 g/mol. The Morgan fingerprint density at radius 1 is 0.354 bits per heavy atom. The first kappa shape index (κ1) is 32.4. The third-order valence-corrected chi connectivity index (χ3v) is 10.3. The van der Waals surface area contributed by atoms with E-state index in [1.54, 1.807) is 0 Å². The first-order valence-electron chi connectivity index (χ1n) is 16.6. The lowest BCUT2D eigenvalue weighted by Gasteiger charge is -2.32. The molecule has 0 radical (unpaired) electrons. The molecule has 0 atom stereocenters. The summed E-state index contributed by atoms with van der Waals surface area (Å²) >= 11 is 0. The fourth-order valence-corrected chi connectivity index (χ4v) is 5.74. The lowest BCUT2D eigenvalue weighted by Crippen LogP contribution is -2.41. The number of rotatable bonds is 6. The molecule has 7 nitrogen and oxygen atoms in total. The van der Waals surface area contributed by atoms with Gasteiger partial charge in [-0.3, -0.25) is 0 Å². The predicted octanol–water partition coefficient (Wildman–Crippen LogP) is 7.14. The largest absolute Gasteiger partial charge is 0.494 e. The van der Waals surface area contributed by atoms with Gasteiger partial charge in [-0.1, -0.05) is 103 Å². The van der Waals surface area contributed by atoms with Crippen molar-refractivity contribution in [3.8, 4) is 45.3 Å². The van der Waals surface area contributed by atoms with Crippen molar-refractivity contribution < 1.29 is 18.6 Å². The van der Waals surface area contributed by atoms with Crippen molar-refractivity contribution >= 4 is 25.2 Å². The van der Waals surface area contributed by atoms with E-state index in [4.69, 9.17) is 33.6 Å². The highest BCUT2D eigenvalue weighted by Crippen LogP contribution is 2.38. The van der Waals surface area contributed by atoms with E-state index in [0.717, 1.165) is 38.7 Å². The molecule has 7 rings (SSSR count). The zero-order chi connectivity index (χ0) is 33.9. The van der Waals surface area contributed by atoms with Crippen LogP contribution in [0.15, 0.2) is 103 Å². The Hall–Kier alpha value is -4.14. The normalized spacial score (nSPS) is 19.1. The number of hydrogen-bond donors (Lipinski definition) is 0. The van der Waals surface area contributed by atoms with Crippen LogP contribution in [-0.2, 0) is 18.6 Å². The molecule has 0 amide bonds. The van der Waals surface area contributed by atoms with Crippen LogP contribution < -0.4 is 10.9 Å². The smallest absolute Gasteiger partial charge is 0.399 e. The molecule has 2 fully saturated rings. The van der Waals surface area contributed by atoms with Gasteiger partial charge in [0.1, 0.15) is 0 Å². The van der Waals surface area contributed by atoms with Crippen LogP contribution in [0, 0.1) is 0 Å². The maximum absolute atomic E-state index is 6.28. The van der Waals surface area contributed by atoms with E-state index in [-0.39, 0.29) is 0 Å². The summed E-state index contributed by atoms with van der Waals surface area (Å²) in [7, 11) is -0.890. The van der Waals surface area contributed by atoms with E-state index in [0.29, 0.717) is 17.5 Å². The molecule has 0 N–H and O–H groups in total. The van der Waals surface area contributed by atoms with E-state index in [2.05, 4.69) is 91.8 Å². The van der Waals surface area contributed by atoms with Crippen molar-refractivity contribution in [2.75, 3.05) is 0 Å². The van der Waals surface area contributed by atoms with Gasteiger partial charge in [0.25, 0.3) is 0 Å². The maximum atomic E-state index is 6.28. The number of nitrogens with zero attached hydrogens (tertiary/aromatic N) is 3. The molecule has 3 heterocycles. The SMILES string of the molecule is CC1(C)OB(c2ccc(-c3nc(-c4ccc(B5OC(C)(C)C(C)(C)O5)cc4)nc(-c4ccc(-c5ccccc5)cc4)n3)cc2)OC1(C)C. The Morgan fingerprint density at radius 2 is 0.625 bits per heavy atom. The fraction of sp³-hybridized carbons (Fsp3) is 0.308. The summed E-state index contributed by atoms with van der Waals surface area (Å²) in [6.45, 7) is 16.5. The van der Waals surface area contributed by atoms with E-state index < -0.39 is 36.6 Å². The van der Waals surface area contributed by atoms with Crippen LogP contribution in [0.1, 0.15) is 55.4 Å². The highest BCUT2D eigenvalue weighted by molar-refractivity contribution is 6.62. The molecule has 48 heavy (non-hydrogen) atoms. The predicted molar refractivity (Wildman–Crippen MR) is 193 cm³/mol. The summed E-state index contributed by atoms with van der Waals surface area (Å²) in [6.07, 6.45) is 0. The van der Waals surface area contributed by atoms with E-state index in [9.17, 15) is 0 Å². The summed E-state index contributed by atoms with van der Waals surface area (Å²) < 4.78 is 25.1. The van der Waals surface area contributed by atoms with E-state index in [1.165, 1.54) is 0 Å². The first-order valence-corrected chi connectivity index (χ1v) is 16.6. The topological polar surface area (TPSA) is 75.6 Å². The molecule has 2 saturated heterocycles. The standard InChI is InChI=1S/C39H41B2N3O4/c1-36(2)37(3,4)46-40(45-36)31-22-18-29(19-23-31)34-42-33(28-16-14-27(15-17-28)26-12-10-9-11-13-26)43-35(44-34)30-20-24-32(25-21-30)41-47-38(5,6)39(7,8)48-41/h9-25H,1-8H3. The van der Waals surface area contributed by atoms with Crippen molar-refractivity contribution in [2.45, 2.75) is 77.8 Å². The van der Waals surface area contributed by atoms with Gasteiger partial charge in [-0.2, -0.15) is 0 Å². The molecule has 0 aliphatic carbocycles. The summed E-state index contributed by atoms with van der Waals surface area (Å²) in [5, 5.41) is 0. The van der Waals surface area contributed by atoms with Crippen LogP contribution in [-0.4, -0.2) is 51.6 Å². The monoisotopic (exact) mass is 637 g/mol. The van der Waals surface area contributed by atoms with Gasteiger partial charge in [0, 0.05) is 16.7 Å². The zero-order valence-corrected chi connectivity index (χ0v) is 28.9. The number of benzene rings is 4. The zero-order valence-electron chi connectivity index (χ0n) is 28.9. The minimum Gasteiger partial charge on any atom is -0.399 e. The Morgan fingerprint density at radius 3 is 0.958 bits per heavy atom. The van der Waals surface area contributed by atoms with Crippen LogP contribution in [0.2, 0.25) is 0 Å². The van der Waals surface area contributed by atoms with Crippen LogP contribution in [0.3, 0.4) is 0 Å². The Labute approximate surface area is 284 Å². The molecule has 4 aromatic carbocycles. The fourth-order valence-electron chi connectivity index (χ4n) is 5.74. The molecule has 0 spiro atoms. The van der Waals surface area contributed by atoms with Crippen molar-refractivity contribution in [3.63, 3.8) is 0 Å². The second kappa shape index (κ2) is 11.8. The summed E-state index contributed by atoms with van der Waals surface area (Å²) in [5.41, 5.74) is 5.17. The van der Waals surface area contributed by atoms with Gasteiger partial charge < -0.3 is 18.6 Å². The van der Waals surface area contributed by atoms with Gasteiger partial charge in [-0.15, -0.1) is 0 Å². The Kier molecular flexibility index (Phi) is 7.95. The van der Waals surface area contributed by atoms with Gasteiger partial charge in [0.2, 0.25) is 0 Å². The van der Waals surface area contributed by atoms with Gasteiger partial charge in [0.15, 0.2) is 17.5 Å². The molecule has 9 heteroatoms. The van der Waals surface area contributed by atoms with Crippen molar-refractivity contribution in [2.24, 2.45) is 0 Å². The maximum Gasteiger partial charge on any atom is 0.494 e. The van der Waals surface area contributed by atoms with Gasteiger partial charge in [-0.05, 0) is 77.4 Å². The average Bonchev–Trinajstić information content (AvgIpc) is 3.44. The summed E-state index contributed by atoms with van der Waals surface area (Å²) in [5.74, 6) is 1.76. The molecule has 0 bridgehead atoms. The van der Waals surface area contributed by atoms with Gasteiger partial charge in [-0.25, -0.2) is 15.0 Å². The second-order valence-corrected chi connectivity index (χ2v) is 14.7. The molecule has 0 unspecified atom stereocenters. The lowest BCUT2D eigenvalue weighted by molar-refractivity contribution is 0.00578. The first-order chi connectivity index (χ1) is 22.7. The van der Waals surface area contributed by atoms with E-state index >= 15 is 0 Å². The number of hydrogen-bond acceptors (Lipinski definition) is 7. The van der Waals surface area contributed by atoms with Crippen molar-refractivity contribution in [1.29, 1.82) is 0 Å². The molecule has 2 aliphatic rings. The summed E-state index contributed by atoms with van der Waals surface area (Å²) in [4.78, 5) is 14.9. The van der Waals surface area contributed by atoms with Crippen LogP contribution >= 0.6 is 0 Å². The van der Waals surface area contributed by atoms with E-state index in [1.807, 2.05) is 66.7 Å². The molecule has 5 aromatic rings. The number of aromatic nitrogens is 3. The molecular formula is C39H41B2N3O4. The van der Waals surface area contributed by atoms with Gasteiger partial charge >= 0.3 is 14.2 Å². The Bertz CT molecular complexity index is 1800. The minimum atomic E-state index is -0.445. The lowest BCUT2D eigenvalue weighted by atomic mass is 9.79.